The molecular formula is C12H14Cl2O. The first-order valence-corrected chi connectivity index (χ1v) is 5.66. The number of carbonyl (C=O) groups excluding carboxylic acids is 1. The quantitative estimate of drug-likeness (QED) is 0.571. The lowest BCUT2D eigenvalue weighted by atomic mass is 10.0. The monoisotopic (exact) mass is 244 g/mol. The Balaban J connectivity index is 2.60. The number of hydrogen-bond donors (Lipinski definition) is 0. The lowest BCUT2D eigenvalue weighted by Crippen LogP contribution is -2.20. The van der Waals surface area contributed by atoms with Gasteiger partial charge in [-0.15, -0.1) is 23.2 Å². The van der Waals surface area contributed by atoms with E-state index in [1.165, 1.54) is 0 Å². The van der Waals surface area contributed by atoms with Gasteiger partial charge in [0.05, 0.1) is 0 Å². The predicted molar refractivity (Wildman–Crippen MR) is 64.4 cm³/mol. The molecule has 0 aromatic heterocycles. The van der Waals surface area contributed by atoms with Gasteiger partial charge in [0.2, 0.25) is 0 Å². The van der Waals surface area contributed by atoms with Gasteiger partial charge in [-0.25, -0.2) is 0 Å². The molecule has 0 aliphatic carbocycles. The summed E-state index contributed by atoms with van der Waals surface area (Å²) in [5.41, 5.74) is 1.08. The van der Waals surface area contributed by atoms with Gasteiger partial charge in [0.1, 0.15) is 10.6 Å². The largest absolute Gasteiger partial charge is 0.303 e. The van der Waals surface area contributed by atoms with Crippen molar-refractivity contribution >= 4 is 29.5 Å². The molecule has 0 heterocycles. The smallest absolute Gasteiger partial charge is 0.123 e. The van der Waals surface area contributed by atoms with E-state index in [-0.39, 0.29) is 5.92 Å². The second kappa shape index (κ2) is 5.53. The van der Waals surface area contributed by atoms with Crippen LogP contribution < -0.4 is 0 Å². The molecule has 0 radical (unpaired) electrons. The van der Waals surface area contributed by atoms with Crippen LogP contribution in [0, 0.1) is 5.92 Å². The zero-order valence-electron chi connectivity index (χ0n) is 8.62. The summed E-state index contributed by atoms with van der Waals surface area (Å²) in [5.74, 6) is -0.108. The molecule has 1 nitrogen and oxygen atoms in total. The minimum Gasteiger partial charge on any atom is -0.303 e. The van der Waals surface area contributed by atoms with Crippen LogP contribution in [-0.2, 0) is 11.2 Å². The lowest BCUT2D eigenvalue weighted by molar-refractivity contribution is -0.110. The summed E-state index contributed by atoms with van der Waals surface area (Å²) in [4.78, 5) is 10.5. The molecule has 82 valence electrons. The molecule has 1 atom stereocenters. The highest BCUT2D eigenvalue weighted by atomic mass is 35.5. The molecule has 0 saturated carbocycles. The Morgan fingerprint density at radius 1 is 1.33 bits per heavy atom. The number of hydrogen-bond acceptors (Lipinski definition) is 1. The predicted octanol–water partition coefficient (Wildman–Crippen LogP) is 3.63. The van der Waals surface area contributed by atoms with E-state index in [4.69, 9.17) is 23.2 Å². The molecule has 0 fully saturated rings. The Bertz CT molecular complexity index is 309. The summed E-state index contributed by atoms with van der Waals surface area (Å²) in [6.07, 6.45) is 1.92. The third-order valence-electron chi connectivity index (χ3n) is 2.16. The topological polar surface area (TPSA) is 17.1 Å². The molecule has 1 aromatic rings. The zero-order valence-corrected chi connectivity index (χ0v) is 10.1. The highest BCUT2D eigenvalue weighted by Gasteiger charge is 2.26. The maximum atomic E-state index is 10.5. The van der Waals surface area contributed by atoms with Crippen molar-refractivity contribution in [2.45, 2.75) is 24.1 Å². The maximum Gasteiger partial charge on any atom is 0.123 e. The van der Waals surface area contributed by atoms with Crippen LogP contribution in [0.2, 0.25) is 0 Å². The third kappa shape index (κ3) is 4.67. The van der Waals surface area contributed by atoms with Crippen molar-refractivity contribution in [3.05, 3.63) is 35.9 Å². The second-order valence-corrected chi connectivity index (χ2v) is 5.48. The van der Waals surface area contributed by atoms with Crippen LogP contribution in [0.3, 0.4) is 0 Å². The first kappa shape index (κ1) is 12.5. The summed E-state index contributed by atoms with van der Waals surface area (Å²) in [5, 5.41) is 0. The van der Waals surface area contributed by atoms with Gasteiger partial charge in [0.15, 0.2) is 0 Å². The number of rotatable bonds is 5. The van der Waals surface area contributed by atoms with Crippen LogP contribution in [0.4, 0.5) is 0 Å². The summed E-state index contributed by atoms with van der Waals surface area (Å²) in [6, 6.07) is 9.79. The van der Waals surface area contributed by atoms with Crippen molar-refractivity contribution in [1.29, 1.82) is 0 Å². The van der Waals surface area contributed by atoms with Gasteiger partial charge >= 0.3 is 0 Å². The fraction of sp³-hybridized carbons (Fsp3) is 0.417. The molecule has 0 N–H and O–H groups in total. The van der Waals surface area contributed by atoms with E-state index in [1.807, 2.05) is 37.3 Å². The van der Waals surface area contributed by atoms with Gasteiger partial charge in [-0.05, 0) is 12.0 Å². The lowest BCUT2D eigenvalue weighted by Gasteiger charge is -2.21. The fourth-order valence-electron chi connectivity index (χ4n) is 1.49. The van der Waals surface area contributed by atoms with Crippen molar-refractivity contribution in [1.82, 2.24) is 0 Å². The Hall–Kier alpha value is -0.530. The molecular weight excluding hydrogens is 231 g/mol. The zero-order chi connectivity index (χ0) is 11.3. The summed E-state index contributed by atoms with van der Waals surface area (Å²) in [7, 11) is 0. The van der Waals surface area contributed by atoms with Gasteiger partial charge in [-0.2, -0.15) is 0 Å². The maximum absolute atomic E-state index is 10.5. The third-order valence-corrected chi connectivity index (χ3v) is 2.73. The molecule has 3 heteroatoms. The first-order chi connectivity index (χ1) is 7.03. The molecule has 1 rings (SSSR count). The van der Waals surface area contributed by atoms with Crippen LogP contribution in [0.15, 0.2) is 30.3 Å². The molecule has 0 amide bonds. The SMILES string of the molecule is CC(C=O)CC(Cl)(Cl)Cc1ccccc1. The number of carbonyl (C=O) groups is 1. The van der Waals surface area contributed by atoms with Crippen LogP contribution in [0.1, 0.15) is 18.9 Å². The van der Waals surface area contributed by atoms with E-state index in [0.29, 0.717) is 12.8 Å². The summed E-state index contributed by atoms with van der Waals surface area (Å²) < 4.78 is -0.859. The summed E-state index contributed by atoms with van der Waals surface area (Å²) >= 11 is 12.3. The van der Waals surface area contributed by atoms with E-state index in [0.717, 1.165) is 11.8 Å². The molecule has 0 aliphatic rings. The van der Waals surface area contributed by atoms with Gasteiger partial charge in [-0.1, -0.05) is 37.3 Å². The van der Waals surface area contributed by atoms with Gasteiger partial charge in [-0.3, -0.25) is 0 Å². The van der Waals surface area contributed by atoms with Crippen molar-refractivity contribution in [2.75, 3.05) is 0 Å². The van der Waals surface area contributed by atoms with Gasteiger partial charge in [0.25, 0.3) is 0 Å². The Labute approximate surface area is 100 Å². The fourth-order valence-corrected chi connectivity index (χ4v) is 2.28. The first-order valence-electron chi connectivity index (χ1n) is 4.90. The molecule has 0 saturated heterocycles. The minimum absolute atomic E-state index is 0.108. The molecule has 1 unspecified atom stereocenters. The Kier molecular flexibility index (Phi) is 4.62. The van der Waals surface area contributed by atoms with Gasteiger partial charge < -0.3 is 4.79 Å². The summed E-state index contributed by atoms with van der Waals surface area (Å²) in [6.45, 7) is 1.82. The number of alkyl halides is 2. The molecule has 0 spiro atoms. The molecule has 0 bridgehead atoms. The van der Waals surface area contributed by atoms with Crippen molar-refractivity contribution in [2.24, 2.45) is 5.92 Å². The highest BCUT2D eigenvalue weighted by molar-refractivity contribution is 6.48. The highest BCUT2D eigenvalue weighted by Crippen LogP contribution is 2.32. The van der Waals surface area contributed by atoms with Crippen LogP contribution >= 0.6 is 23.2 Å². The van der Waals surface area contributed by atoms with Crippen molar-refractivity contribution in [3.8, 4) is 0 Å². The average molecular weight is 245 g/mol. The Morgan fingerprint density at radius 3 is 2.47 bits per heavy atom. The number of halogens is 2. The van der Waals surface area contributed by atoms with Crippen molar-refractivity contribution < 1.29 is 4.79 Å². The van der Waals surface area contributed by atoms with E-state index in [2.05, 4.69) is 0 Å². The van der Waals surface area contributed by atoms with Crippen LogP contribution in [0.25, 0.3) is 0 Å². The standard InChI is InChI=1S/C12H14Cl2O/c1-10(9-15)7-12(13,14)8-11-5-3-2-4-6-11/h2-6,9-10H,7-8H2,1H3. The normalized spacial score (nSPS) is 13.5. The van der Waals surface area contributed by atoms with E-state index < -0.39 is 4.33 Å². The molecule has 15 heavy (non-hydrogen) atoms. The van der Waals surface area contributed by atoms with E-state index >= 15 is 0 Å². The van der Waals surface area contributed by atoms with Crippen LogP contribution in [0.5, 0.6) is 0 Å². The average Bonchev–Trinajstić information content (AvgIpc) is 2.17. The van der Waals surface area contributed by atoms with E-state index in [1.54, 1.807) is 0 Å². The minimum atomic E-state index is -0.859. The molecule has 0 aliphatic heterocycles. The van der Waals surface area contributed by atoms with Gasteiger partial charge in [0, 0.05) is 12.3 Å². The van der Waals surface area contributed by atoms with E-state index in [9.17, 15) is 4.79 Å². The molecule has 1 aromatic carbocycles. The second-order valence-electron chi connectivity index (χ2n) is 3.84. The number of benzene rings is 1. The van der Waals surface area contributed by atoms with Crippen molar-refractivity contribution in [3.63, 3.8) is 0 Å². The Morgan fingerprint density at radius 2 is 1.93 bits per heavy atom. The number of aldehydes is 1. The van der Waals surface area contributed by atoms with Crippen LogP contribution in [-0.4, -0.2) is 10.6 Å².